The van der Waals surface area contributed by atoms with Crippen molar-refractivity contribution in [1.29, 1.82) is 0 Å². The van der Waals surface area contributed by atoms with Gasteiger partial charge in [0.25, 0.3) is 0 Å². The molecular formula is C11H23NO3S. The predicted molar refractivity (Wildman–Crippen MR) is 65.3 cm³/mol. The monoisotopic (exact) mass is 249 g/mol. The molecule has 1 aliphatic rings. The van der Waals surface area contributed by atoms with E-state index in [9.17, 15) is 8.42 Å². The quantitative estimate of drug-likeness (QED) is 0.757. The molecule has 0 bridgehead atoms. The van der Waals surface area contributed by atoms with Crippen molar-refractivity contribution < 1.29 is 13.2 Å². The van der Waals surface area contributed by atoms with Gasteiger partial charge < -0.3 is 10.1 Å². The van der Waals surface area contributed by atoms with Crippen molar-refractivity contribution in [3.8, 4) is 0 Å². The first-order valence-corrected chi connectivity index (χ1v) is 7.69. The number of sulfone groups is 1. The minimum Gasteiger partial charge on any atom is -0.381 e. The Bertz CT molecular complexity index is 296. The maximum Gasteiger partial charge on any atom is 0.154 e. The summed E-state index contributed by atoms with van der Waals surface area (Å²) >= 11 is 0. The van der Waals surface area contributed by atoms with Crippen molar-refractivity contribution in [1.82, 2.24) is 5.32 Å². The largest absolute Gasteiger partial charge is 0.381 e. The van der Waals surface area contributed by atoms with Crippen LogP contribution >= 0.6 is 0 Å². The van der Waals surface area contributed by atoms with E-state index in [1.807, 2.05) is 14.0 Å². The highest BCUT2D eigenvalue weighted by atomic mass is 32.2. The van der Waals surface area contributed by atoms with Crippen LogP contribution < -0.4 is 5.32 Å². The molecule has 1 aliphatic heterocycles. The summed E-state index contributed by atoms with van der Waals surface area (Å²) in [6.45, 7) is 5.14. The molecule has 16 heavy (non-hydrogen) atoms. The minimum atomic E-state index is -2.98. The maximum absolute atomic E-state index is 12.0. The highest BCUT2D eigenvalue weighted by Gasteiger charge is 2.30. The van der Waals surface area contributed by atoms with E-state index in [1.54, 1.807) is 6.92 Å². The SMILES string of the molecule is CCC(C)S(=O)(=O)CC(NC)C1CCOC1. The van der Waals surface area contributed by atoms with Crippen molar-refractivity contribution in [3.05, 3.63) is 0 Å². The fraction of sp³-hybridized carbons (Fsp3) is 1.00. The molecule has 96 valence electrons. The van der Waals surface area contributed by atoms with Gasteiger partial charge in [-0.1, -0.05) is 6.92 Å². The van der Waals surface area contributed by atoms with Crippen LogP contribution in [0.15, 0.2) is 0 Å². The molecule has 5 heteroatoms. The molecule has 0 aromatic rings. The topological polar surface area (TPSA) is 55.4 Å². The van der Waals surface area contributed by atoms with Gasteiger partial charge >= 0.3 is 0 Å². The summed E-state index contributed by atoms with van der Waals surface area (Å²) in [6.07, 6.45) is 1.64. The number of ether oxygens (including phenoxy) is 1. The normalized spacial score (nSPS) is 25.6. The van der Waals surface area contributed by atoms with Gasteiger partial charge in [-0.05, 0) is 26.8 Å². The molecule has 0 spiro atoms. The first kappa shape index (κ1) is 13.9. The molecule has 0 amide bonds. The van der Waals surface area contributed by atoms with Crippen LogP contribution in [0, 0.1) is 5.92 Å². The van der Waals surface area contributed by atoms with Crippen molar-refractivity contribution in [2.45, 2.75) is 38.0 Å². The molecule has 0 saturated carbocycles. The van der Waals surface area contributed by atoms with Crippen LogP contribution in [0.5, 0.6) is 0 Å². The zero-order valence-corrected chi connectivity index (χ0v) is 11.2. The molecule has 1 saturated heterocycles. The predicted octanol–water partition coefficient (Wildman–Crippen LogP) is 0.824. The Morgan fingerprint density at radius 1 is 1.50 bits per heavy atom. The molecule has 4 nitrogen and oxygen atoms in total. The van der Waals surface area contributed by atoms with Gasteiger partial charge in [0.05, 0.1) is 17.6 Å². The summed E-state index contributed by atoms with van der Waals surface area (Å²) < 4.78 is 29.3. The van der Waals surface area contributed by atoms with Gasteiger partial charge in [0.15, 0.2) is 9.84 Å². The van der Waals surface area contributed by atoms with Crippen LogP contribution in [0.25, 0.3) is 0 Å². The number of hydrogen-bond acceptors (Lipinski definition) is 4. The van der Waals surface area contributed by atoms with Crippen LogP contribution in [0.1, 0.15) is 26.7 Å². The van der Waals surface area contributed by atoms with Gasteiger partial charge in [0.1, 0.15) is 0 Å². The van der Waals surface area contributed by atoms with Crippen LogP contribution in [0.3, 0.4) is 0 Å². The highest BCUT2D eigenvalue weighted by molar-refractivity contribution is 7.92. The second-order valence-electron chi connectivity index (χ2n) is 4.57. The van der Waals surface area contributed by atoms with E-state index in [4.69, 9.17) is 4.74 Å². The molecule has 1 heterocycles. The van der Waals surface area contributed by atoms with Crippen molar-refractivity contribution >= 4 is 9.84 Å². The lowest BCUT2D eigenvalue weighted by atomic mass is 10.0. The third-order valence-electron chi connectivity index (χ3n) is 3.50. The molecule has 3 unspecified atom stereocenters. The molecule has 0 radical (unpaired) electrons. The van der Waals surface area contributed by atoms with Crippen LogP contribution in [-0.2, 0) is 14.6 Å². The van der Waals surface area contributed by atoms with Crippen molar-refractivity contribution in [2.24, 2.45) is 5.92 Å². The molecule has 3 atom stereocenters. The maximum atomic E-state index is 12.0. The smallest absolute Gasteiger partial charge is 0.154 e. The van der Waals surface area contributed by atoms with Gasteiger partial charge in [-0.15, -0.1) is 0 Å². The molecular weight excluding hydrogens is 226 g/mol. The Morgan fingerprint density at radius 2 is 2.19 bits per heavy atom. The molecule has 1 fully saturated rings. The Hall–Kier alpha value is -0.130. The van der Waals surface area contributed by atoms with Gasteiger partial charge in [-0.25, -0.2) is 8.42 Å². The van der Waals surface area contributed by atoms with Crippen molar-refractivity contribution in [3.63, 3.8) is 0 Å². The van der Waals surface area contributed by atoms with E-state index < -0.39 is 9.84 Å². The van der Waals surface area contributed by atoms with E-state index in [2.05, 4.69) is 5.32 Å². The van der Waals surface area contributed by atoms with E-state index in [-0.39, 0.29) is 17.0 Å². The van der Waals surface area contributed by atoms with Crippen LogP contribution in [0.2, 0.25) is 0 Å². The van der Waals surface area contributed by atoms with Crippen molar-refractivity contribution in [2.75, 3.05) is 26.0 Å². The third-order valence-corrected chi connectivity index (χ3v) is 5.89. The third kappa shape index (κ3) is 3.43. The van der Waals surface area contributed by atoms with E-state index in [0.717, 1.165) is 13.0 Å². The number of rotatable bonds is 6. The molecule has 1 rings (SSSR count). The van der Waals surface area contributed by atoms with E-state index >= 15 is 0 Å². The molecule has 0 aliphatic carbocycles. The van der Waals surface area contributed by atoms with Gasteiger partial charge in [-0.2, -0.15) is 0 Å². The zero-order chi connectivity index (χ0) is 12.2. The first-order chi connectivity index (χ1) is 7.51. The minimum absolute atomic E-state index is 0.0292. The second kappa shape index (κ2) is 5.98. The lowest BCUT2D eigenvalue weighted by Crippen LogP contribution is -2.42. The summed E-state index contributed by atoms with van der Waals surface area (Å²) in [5, 5.41) is 2.88. The standard InChI is InChI=1S/C11H23NO3S/c1-4-9(2)16(13,14)8-11(12-3)10-5-6-15-7-10/h9-12H,4-8H2,1-3H3. The van der Waals surface area contributed by atoms with Gasteiger partial charge in [-0.3, -0.25) is 0 Å². The molecule has 0 aromatic heterocycles. The van der Waals surface area contributed by atoms with E-state index in [0.29, 0.717) is 18.9 Å². The summed E-state index contributed by atoms with van der Waals surface area (Å²) in [6, 6.07) is 0.0292. The lowest BCUT2D eigenvalue weighted by Gasteiger charge is -2.23. The summed E-state index contributed by atoms with van der Waals surface area (Å²) in [7, 11) is -1.15. The Morgan fingerprint density at radius 3 is 2.62 bits per heavy atom. The lowest BCUT2D eigenvalue weighted by molar-refractivity contribution is 0.179. The molecule has 1 N–H and O–H groups in total. The Labute approximate surface area is 98.7 Å². The van der Waals surface area contributed by atoms with E-state index in [1.165, 1.54) is 0 Å². The number of nitrogens with one attached hydrogen (secondary N) is 1. The Kier molecular flexibility index (Phi) is 5.21. The van der Waals surface area contributed by atoms with Gasteiger partial charge in [0.2, 0.25) is 0 Å². The zero-order valence-electron chi connectivity index (χ0n) is 10.4. The summed E-state index contributed by atoms with van der Waals surface area (Å²) in [4.78, 5) is 0. The fourth-order valence-corrected chi connectivity index (χ4v) is 3.77. The van der Waals surface area contributed by atoms with Crippen LogP contribution in [-0.4, -0.2) is 45.7 Å². The molecule has 0 aromatic carbocycles. The van der Waals surface area contributed by atoms with Crippen LogP contribution in [0.4, 0.5) is 0 Å². The summed E-state index contributed by atoms with van der Waals surface area (Å²) in [5.41, 5.74) is 0. The second-order valence-corrected chi connectivity index (χ2v) is 7.03. The van der Waals surface area contributed by atoms with Gasteiger partial charge in [0, 0.05) is 18.6 Å². The highest BCUT2D eigenvalue weighted by Crippen LogP contribution is 2.19. The average molecular weight is 249 g/mol. The fourth-order valence-electron chi connectivity index (χ4n) is 1.99. The Balaban J connectivity index is 2.62. The average Bonchev–Trinajstić information content (AvgIpc) is 2.78. The number of hydrogen-bond donors (Lipinski definition) is 1. The summed E-state index contributed by atoms with van der Waals surface area (Å²) in [5.74, 6) is 0.566. The first-order valence-electron chi connectivity index (χ1n) is 5.97.